The van der Waals surface area contributed by atoms with Gasteiger partial charge in [-0.3, -0.25) is 14.4 Å². The normalized spacial score (nSPS) is 13.6. The van der Waals surface area contributed by atoms with E-state index in [9.17, 15) is 14.4 Å². The maximum absolute atomic E-state index is 12.8. The summed E-state index contributed by atoms with van der Waals surface area (Å²) in [5, 5.41) is 2.85. The molecule has 1 heterocycles. The molecule has 8 nitrogen and oxygen atoms in total. The summed E-state index contributed by atoms with van der Waals surface area (Å²) >= 11 is 0. The Hall–Kier alpha value is -3.39. The van der Waals surface area contributed by atoms with Crippen LogP contribution in [0.1, 0.15) is 26.3 Å². The van der Waals surface area contributed by atoms with Gasteiger partial charge in [0.2, 0.25) is 0 Å². The van der Waals surface area contributed by atoms with Crippen molar-refractivity contribution in [3.63, 3.8) is 0 Å². The highest BCUT2D eigenvalue weighted by Gasteiger charge is 2.21. The van der Waals surface area contributed by atoms with E-state index in [4.69, 9.17) is 15.2 Å². The average molecular weight is 397 g/mol. The second-order valence-corrected chi connectivity index (χ2v) is 6.62. The second-order valence-electron chi connectivity index (χ2n) is 6.62. The Morgan fingerprint density at radius 1 is 1.10 bits per heavy atom. The molecule has 2 aromatic carbocycles. The lowest BCUT2D eigenvalue weighted by Gasteiger charge is -2.27. The van der Waals surface area contributed by atoms with Gasteiger partial charge in [-0.2, -0.15) is 0 Å². The molecule has 0 bridgehead atoms. The fourth-order valence-corrected chi connectivity index (χ4v) is 2.99. The molecular weight excluding hydrogens is 374 g/mol. The number of benzene rings is 2. The van der Waals surface area contributed by atoms with Gasteiger partial charge < -0.3 is 25.4 Å². The van der Waals surface area contributed by atoms with Crippen LogP contribution in [0.15, 0.2) is 42.5 Å². The third kappa shape index (κ3) is 5.11. The first-order valence-electron chi connectivity index (χ1n) is 9.25. The third-order valence-corrected chi connectivity index (χ3v) is 4.61. The minimum atomic E-state index is -0.575. The zero-order valence-electron chi connectivity index (χ0n) is 16.1. The van der Waals surface area contributed by atoms with Gasteiger partial charge in [0.1, 0.15) is 5.75 Å². The van der Waals surface area contributed by atoms with Gasteiger partial charge in [-0.15, -0.1) is 0 Å². The molecule has 3 N–H and O–H groups in total. The van der Waals surface area contributed by atoms with Gasteiger partial charge in [0.05, 0.1) is 13.2 Å². The molecule has 0 aliphatic carbocycles. The summed E-state index contributed by atoms with van der Waals surface area (Å²) in [5.41, 5.74) is 7.29. The molecule has 0 atom stereocenters. The summed E-state index contributed by atoms with van der Waals surface area (Å²) in [5.74, 6) is -0.521. The third-order valence-electron chi connectivity index (χ3n) is 4.61. The summed E-state index contributed by atoms with van der Waals surface area (Å²) in [6.45, 7) is 3.75. The first kappa shape index (κ1) is 20.3. The SMILES string of the molecule is Cc1c(NC(=O)c2ccc(OCC(N)=O)cc2)cccc1C(=O)N1CCOCC1. The van der Waals surface area contributed by atoms with Crippen molar-refractivity contribution in [2.24, 2.45) is 5.73 Å². The number of rotatable bonds is 6. The predicted octanol–water partition coefficient (Wildman–Crippen LogP) is 1.58. The molecule has 0 saturated carbocycles. The molecule has 0 aromatic heterocycles. The number of primary amides is 1. The number of amides is 3. The van der Waals surface area contributed by atoms with Crippen LogP contribution in [-0.4, -0.2) is 55.5 Å². The van der Waals surface area contributed by atoms with Crippen LogP contribution in [0.4, 0.5) is 5.69 Å². The zero-order chi connectivity index (χ0) is 20.8. The van der Waals surface area contributed by atoms with Gasteiger partial charge in [0.25, 0.3) is 17.7 Å². The Balaban J connectivity index is 1.70. The van der Waals surface area contributed by atoms with E-state index in [2.05, 4.69) is 5.32 Å². The predicted molar refractivity (Wildman–Crippen MR) is 107 cm³/mol. The van der Waals surface area contributed by atoms with E-state index in [-0.39, 0.29) is 18.4 Å². The van der Waals surface area contributed by atoms with E-state index < -0.39 is 5.91 Å². The number of carbonyl (C=O) groups is 3. The number of morpholine rings is 1. The summed E-state index contributed by atoms with van der Waals surface area (Å²) < 4.78 is 10.5. The van der Waals surface area contributed by atoms with Crippen molar-refractivity contribution in [2.75, 3.05) is 38.2 Å². The van der Waals surface area contributed by atoms with Gasteiger partial charge >= 0.3 is 0 Å². The van der Waals surface area contributed by atoms with Crippen molar-refractivity contribution in [3.05, 3.63) is 59.2 Å². The minimum absolute atomic E-state index is 0.0714. The molecule has 1 aliphatic heterocycles. The van der Waals surface area contributed by atoms with Crippen molar-refractivity contribution in [2.45, 2.75) is 6.92 Å². The summed E-state index contributed by atoms with van der Waals surface area (Å²) in [6.07, 6.45) is 0. The maximum atomic E-state index is 12.8. The highest BCUT2D eigenvalue weighted by atomic mass is 16.5. The van der Waals surface area contributed by atoms with Gasteiger partial charge in [-0.25, -0.2) is 0 Å². The van der Waals surface area contributed by atoms with Crippen LogP contribution >= 0.6 is 0 Å². The second kappa shape index (κ2) is 9.20. The molecule has 0 radical (unpaired) electrons. The lowest BCUT2D eigenvalue weighted by Crippen LogP contribution is -2.41. The van der Waals surface area contributed by atoms with Crippen LogP contribution in [0.5, 0.6) is 5.75 Å². The molecule has 152 valence electrons. The fourth-order valence-electron chi connectivity index (χ4n) is 2.99. The van der Waals surface area contributed by atoms with Crippen LogP contribution in [-0.2, 0) is 9.53 Å². The Bertz CT molecular complexity index is 905. The molecular formula is C21H23N3O5. The highest BCUT2D eigenvalue weighted by molar-refractivity contribution is 6.06. The molecule has 8 heteroatoms. The van der Waals surface area contributed by atoms with E-state index >= 15 is 0 Å². The lowest BCUT2D eigenvalue weighted by atomic mass is 10.0. The van der Waals surface area contributed by atoms with Crippen LogP contribution in [0.25, 0.3) is 0 Å². The quantitative estimate of drug-likeness (QED) is 0.769. The summed E-state index contributed by atoms with van der Waals surface area (Å²) in [6, 6.07) is 11.6. The smallest absolute Gasteiger partial charge is 0.255 e. The molecule has 1 aliphatic rings. The van der Waals surface area contributed by atoms with Gasteiger partial charge in [-0.05, 0) is 48.9 Å². The number of hydrogen-bond donors (Lipinski definition) is 2. The number of anilines is 1. The number of nitrogens with zero attached hydrogens (tertiary/aromatic N) is 1. The molecule has 1 fully saturated rings. The van der Waals surface area contributed by atoms with Crippen molar-refractivity contribution in [3.8, 4) is 5.75 Å². The Kier molecular flexibility index (Phi) is 6.46. The van der Waals surface area contributed by atoms with Gasteiger partial charge in [0, 0.05) is 29.9 Å². The number of nitrogens with one attached hydrogen (secondary N) is 1. The van der Waals surface area contributed by atoms with Crippen LogP contribution in [0.3, 0.4) is 0 Å². The molecule has 1 saturated heterocycles. The van der Waals surface area contributed by atoms with Crippen molar-refractivity contribution in [1.82, 2.24) is 4.90 Å². The number of ether oxygens (including phenoxy) is 2. The van der Waals surface area contributed by atoms with E-state index in [0.717, 1.165) is 0 Å². The Labute approximate surface area is 168 Å². The number of carbonyl (C=O) groups excluding carboxylic acids is 3. The van der Waals surface area contributed by atoms with Crippen LogP contribution in [0, 0.1) is 6.92 Å². The van der Waals surface area contributed by atoms with Crippen LogP contribution in [0.2, 0.25) is 0 Å². The standard InChI is InChI=1S/C21H23N3O5/c1-14-17(21(27)24-9-11-28-12-10-24)3-2-4-18(14)23-20(26)15-5-7-16(8-6-15)29-13-19(22)25/h2-8H,9-13H2,1H3,(H2,22,25)(H,23,26). The number of hydrogen-bond acceptors (Lipinski definition) is 5. The monoisotopic (exact) mass is 397 g/mol. The summed E-state index contributed by atoms with van der Waals surface area (Å²) in [7, 11) is 0. The van der Waals surface area contributed by atoms with Gasteiger partial charge in [-0.1, -0.05) is 6.07 Å². The maximum Gasteiger partial charge on any atom is 0.255 e. The highest BCUT2D eigenvalue weighted by Crippen LogP contribution is 2.22. The number of nitrogens with two attached hydrogens (primary N) is 1. The van der Waals surface area contributed by atoms with E-state index in [1.807, 2.05) is 6.92 Å². The van der Waals surface area contributed by atoms with Crippen molar-refractivity contribution < 1.29 is 23.9 Å². The molecule has 0 unspecified atom stereocenters. The molecule has 3 rings (SSSR count). The first-order valence-corrected chi connectivity index (χ1v) is 9.25. The van der Waals surface area contributed by atoms with Crippen molar-refractivity contribution in [1.29, 1.82) is 0 Å². The molecule has 3 amide bonds. The molecule has 2 aromatic rings. The van der Waals surface area contributed by atoms with E-state index in [1.165, 1.54) is 0 Å². The molecule has 0 spiro atoms. The fraction of sp³-hybridized carbons (Fsp3) is 0.286. The Morgan fingerprint density at radius 2 is 1.79 bits per heavy atom. The summed E-state index contributed by atoms with van der Waals surface area (Å²) in [4.78, 5) is 37.9. The topological polar surface area (TPSA) is 111 Å². The first-order chi connectivity index (χ1) is 14.0. The van der Waals surface area contributed by atoms with Crippen LogP contribution < -0.4 is 15.8 Å². The lowest BCUT2D eigenvalue weighted by molar-refractivity contribution is -0.119. The Morgan fingerprint density at radius 3 is 2.45 bits per heavy atom. The average Bonchev–Trinajstić information content (AvgIpc) is 2.74. The van der Waals surface area contributed by atoms with E-state index in [0.29, 0.717) is 54.4 Å². The minimum Gasteiger partial charge on any atom is -0.484 e. The van der Waals surface area contributed by atoms with Crippen molar-refractivity contribution >= 4 is 23.4 Å². The zero-order valence-corrected chi connectivity index (χ0v) is 16.1. The largest absolute Gasteiger partial charge is 0.484 e. The van der Waals surface area contributed by atoms with Gasteiger partial charge in [0.15, 0.2) is 6.61 Å². The van der Waals surface area contributed by atoms with E-state index in [1.54, 1.807) is 47.4 Å². The molecule has 29 heavy (non-hydrogen) atoms.